The number of nitrogens with two attached hydrogens (primary N) is 1. The number of tetrazole rings is 1. The number of aromatic nitrogens is 4. The molecule has 0 aliphatic carbocycles. The van der Waals surface area contributed by atoms with Crippen molar-refractivity contribution < 1.29 is 5.11 Å². The van der Waals surface area contributed by atoms with Gasteiger partial charge >= 0.3 is 0 Å². The Morgan fingerprint density at radius 3 is 2.94 bits per heavy atom. The minimum absolute atomic E-state index is 0.106. The number of phenolic OH excluding ortho intramolecular Hbond substituents is 1. The van der Waals surface area contributed by atoms with Crippen LogP contribution >= 0.6 is 11.8 Å². The van der Waals surface area contributed by atoms with Gasteiger partial charge in [-0.1, -0.05) is 17.8 Å². The number of nitrogens with zero attached hydrogens (tertiary/aromatic N) is 4. The molecule has 1 heterocycles. The van der Waals surface area contributed by atoms with Crippen molar-refractivity contribution in [1.82, 2.24) is 20.2 Å². The minimum Gasteiger partial charge on any atom is -0.506 e. The summed E-state index contributed by atoms with van der Waals surface area (Å²) in [4.78, 5) is 0. The van der Waals surface area contributed by atoms with Crippen LogP contribution in [0, 0.1) is 0 Å². The second-order valence-electron chi connectivity index (χ2n) is 3.27. The smallest absolute Gasteiger partial charge is 0.209 e. The first kappa shape index (κ1) is 10.7. The van der Waals surface area contributed by atoms with E-state index in [0.29, 0.717) is 11.4 Å². The van der Waals surface area contributed by atoms with Gasteiger partial charge in [0, 0.05) is 12.8 Å². The lowest BCUT2D eigenvalue weighted by atomic mass is 10.2. The molecule has 1 aromatic carbocycles. The summed E-state index contributed by atoms with van der Waals surface area (Å²) in [6, 6.07) is 5.15. The summed E-state index contributed by atoms with van der Waals surface area (Å²) in [6.45, 7) is 0. The van der Waals surface area contributed by atoms with Gasteiger partial charge in [0.2, 0.25) is 5.16 Å². The number of hydrogen-bond acceptors (Lipinski definition) is 6. The zero-order valence-electron chi connectivity index (χ0n) is 8.66. The number of phenols is 1. The van der Waals surface area contributed by atoms with E-state index in [1.54, 1.807) is 23.9 Å². The summed E-state index contributed by atoms with van der Waals surface area (Å²) >= 11 is 1.51. The van der Waals surface area contributed by atoms with Gasteiger partial charge in [-0.15, -0.1) is 5.10 Å². The van der Waals surface area contributed by atoms with Crippen molar-refractivity contribution in [3.05, 3.63) is 23.8 Å². The predicted octanol–water partition coefficient (Wildman–Crippen LogP) is 0.790. The molecule has 16 heavy (non-hydrogen) atoms. The van der Waals surface area contributed by atoms with Gasteiger partial charge in [-0.3, -0.25) is 0 Å². The Morgan fingerprint density at radius 2 is 2.31 bits per heavy atom. The van der Waals surface area contributed by atoms with Gasteiger partial charge < -0.3 is 10.8 Å². The van der Waals surface area contributed by atoms with Crippen LogP contribution in [0.4, 0.5) is 5.69 Å². The highest BCUT2D eigenvalue weighted by Gasteiger charge is 2.04. The first-order chi connectivity index (χ1) is 7.66. The average molecular weight is 237 g/mol. The number of aryl methyl sites for hydroxylation is 1. The van der Waals surface area contributed by atoms with Crippen LogP contribution < -0.4 is 5.73 Å². The molecule has 2 rings (SSSR count). The van der Waals surface area contributed by atoms with Crippen LogP contribution in [0.3, 0.4) is 0 Å². The molecule has 0 unspecified atom stereocenters. The van der Waals surface area contributed by atoms with Crippen molar-refractivity contribution >= 4 is 17.4 Å². The normalized spacial score (nSPS) is 10.6. The molecule has 84 valence electrons. The van der Waals surface area contributed by atoms with Crippen LogP contribution in [0.1, 0.15) is 5.56 Å². The van der Waals surface area contributed by atoms with Crippen molar-refractivity contribution in [3.8, 4) is 5.75 Å². The molecule has 0 fully saturated rings. The van der Waals surface area contributed by atoms with E-state index in [2.05, 4.69) is 15.5 Å². The molecule has 2 aromatic rings. The molecule has 0 radical (unpaired) electrons. The van der Waals surface area contributed by atoms with Crippen LogP contribution in [0.15, 0.2) is 23.4 Å². The van der Waals surface area contributed by atoms with Crippen molar-refractivity contribution in [3.63, 3.8) is 0 Å². The quantitative estimate of drug-likeness (QED) is 0.466. The lowest BCUT2D eigenvalue weighted by Crippen LogP contribution is -1.94. The van der Waals surface area contributed by atoms with Crippen LogP contribution in [-0.2, 0) is 12.8 Å². The van der Waals surface area contributed by atoms with Gasteiger partial charge in [0.25, 0.3) is 0 Å². The summed E-state index contributed by atoms with van der Waals surface area (Å²) in [5.41, 5.74) is 7.00. The van der Waals surface area contributed by atoms with Gasteiger partial charge in [0.15, 0.2) is 0 Å². The van der Waals surface area contributed by atoms with E-state index in [9.17, 15) is 5.11 Å². The van der Waals surface area contributed by atoms with Gasteiger partial charge in [-0.25, -0.2) is 4.68 Å². The highest BCUT2D eigenvalue weighted by atomic mass is 32.2. The van der Waals surface area contributed by atoms with E-state index >= 15 is 0 Å². The number of thioether (sulfide) groups is 1. The molecule has 6 nitrogen and oxygen atoms in total. The van der Waals surface area contributed by atoms with Crippen molar-refractivity contribution in [2.75, 3.05) is 5.73 Å². The molecule has 7 heteroatoms. The van der Waals surface area contributed by atoms with E-state index in [-0.39, 0.29) is 5.75 Å². The molecule has 0 bridgehead atoms. The van der Waals surface area contributed by atoms with Crippen LogP contribution in [-0.4, -0.2) is 25.3 Å². The highest BCUT2D eigenvalue weighted by molar-refractivity contribution is 7.98. The molecule has 0 atom stereocenters. The SMILES string of the molecule is Cn1nnnc1SCc1ccc(O)c(N)c1. The summed E-state index contributed by atoms with van der Waals surface area (Å²) in [5, 5.41) is 21.1. The largest absolute Gasteiger partial charge is 0.506 e. The topological polar surface area (TPSA) is 89.8 Å². The molecule has 0 amide bonds. The standard InChI is InChI=1S/C9H11N5OS/c1-14-9(11-12-13-14)16-5-6-2-3-8(15)7(10)4-6/h2-4,15H,5,10H2,1H3. The van der Waals surface area contributed by atoms with Gasteiger partial charge in [0.05, 0.1) is 5.69 Å². The summed E-state index contributed by atoms with van der Waals surface area (Å²) < 4.78 is 1.61. The zero-order chi connectivity index (χ0) is 11.5. The Kier molecular flexibility index (Phi) is 2.95. The fourth-order valence-corrected chi connectivity index (χ4v) is 1.98. The zero-order valence-corrected chi connectivity index (χ0v) is 9.48. The van der Waals surface area contributed by atoms with Crippen molar-refractivity contribution in [1.29, 1.82) is 0 Å². The molecule has 0 aliphatic heterocycles. The van der Waals surface area contributed by atoms with Crippen LogP contribution in [0.2, 0.25) is 0 Å². The molecule has 0 saturated carbocycles. The molecule has 3 N–H and O–H groups in total. The predicted molar refractivity (Wildman–Crippen MR) is 60.9 cm³/mol. The molecular formula is C9H11N5OS. The number of nitrogen functional groups attached to an aromatic ring is 1. The number of benzene rings is 1. The summed E-state index contributed by atoms with van der Waals surface area (Å²) in [7, 11) is 1.79. The number of anilines is 1. The third-order valence-electron chi connectivity index (χ3n) is 2.04. The Hall–Kier alpha value is -1.76. The Bertz CT molecular complexity index is 498. The average Bonchev–Trinajstić information content (AvgIpc) is 2.66. The lowest BCUT2D eigenvalue weighted by Gasteiger charge is -2.03. The minimum atomic E-state index is 0.106. The van der Waals surface area contributed by atoms with Gasteiger partial charge in [0.1, 0.15) is 5.75 Å². The maximum absolute atomic E-state index is 9.27. The summed E-state index contributed by atoms with van der Waals surface area (Å²) in [6.07, 6.45) is 0. The van der Waals surface area contributed by atoms with Gasteiger partial charge in [-0.05, 0) is 28.1 Å². The third kappa shape index (κ3) is 2.25. The third-order valence-corrected chi connectivity index (χ3v) is 3.12. The maximum atomic E-state index is 9.27. The van der Waals surface area contributed by atoms with E-state index < -0.39 is 0 Å². The number of aromatic hydroxyl groups is 1. The second-order valence-corrected chi connectivity index (χ2v) is 4.21. The van der Waals surface area contributed by atoms with Crippen molar-refractivity contribution in [2.24, 2.45) is 7.05 Å². The maximum Gasteiger partial charge on any atom is 0.209 e. The molecule has 0 aliphatic rings. The molecule has 0 saturated heterocycles. The highest BCUT2D eigenvalue weighted by Crippen LogP contribution is 2.25. The van der Waals surface area contributed by atoms with Gasteiger partial charge in [-0.2, -0.15) is 0 Å². The monoisotopic (exact) mass is 237 g/mol. The molecule has 0 spiro atoms. The summed E-state index contributed by atoms with van der Waals surface area (Å²) in [5.74, 6) is 0.813. The van der Waals surface area contributed by atoms with E-state index in [0.717, 1.165) is 10.7 Å². The Balaban J connectivity index is 2.05. The Labute approximate surface area is 96.5 Å². The van der Waals surface area contributed by atoms with Crippen LogP contribution in [0.25, 0.3) is 0 Å². The Morgan fingerprint density at radius 1 is 1.50 bits per heavy atom. The first-order valence-electron chi connectivity index (χ1n) is 4.59. The number of hydrogen-bond donors (Lipinski definition) is 2. The second kappa shape index (κ2) is 4.40. The van der Waals surface area contributed by atoms with E-state index in [1.165, 1.54) is 11.8 Å². The first-order valence-corrected chi connectivity index (χ1v) is 5.58. The number of rotatable bonds is 3. The lowest BCUT2D eigenvalue weighted by molar-refractivity contribution is 0.478. The van der Waals surface area contributed by atoms with Crippen molar-refractivity contribution in [2.45, 2.75) is 10.9 Å². The molecular weight excluding hydrogens is 226 g/mol. The fraction of sp³-hybridized carbons (Fsp3) is 0.222. The van der Waals surface area contributed by atoms with Crippen LogP contribution in [0.5, 0.6) is 5.75 Å². The molecule has 1 aromatic heterocycles. The fourth-order valence-electron chi connectivity index (χ4n) is 1.19. The van der Waals surface area contributed by atoms with E-state index in [1.807, 2.05) is 6.07 Å². The van der Waals surface area contributed by atoms with E-state index in [4.69, 9.17) is 5.73 Å².